The number of likely N-dealkylation sites (tertiary alicyclic amines) is 1. The maximum atomic E-state index is 12.0. The normalized spacial score (nSPS) is 21.2. The molecule has 2 amide bonds. The largest absolute Gasteiger partial charge is 0.354 e. The van der Waals surface area contributed by atoms with Crippen molar-refractivity contribution in [3.05, 3.63) is 0 Å². The average molecular weight is 276 g/mol. The van der Waals surface area contributed by atoms with Crippen LogP contribution in [0.1, 0.15) is 26.2 Å². The topological polar surface area (TPSA) is 61.4 Å². The van der Waals surface area contributed by atoms with Crippen molar-refractivity contribution in [1.29, 1.82) is 0 Å². The van der Waals surface area contributed by atoms with E-state index in [1.807, 2.05) is 6.92 Å². The first-order valence-electron chi connectivity index (χ1n) is 6.50. The van der Waals surface area contributed by atoms with Gasteiger partial charge < -0.3 is 15.5 Å². The fourth-order valence-electron chi connectivity index (χ4n) is 2.40. The first kappa shape index (κ1) is 15.2. The predicted molar refractivity (Wildman–Crippen MR) is 71.6 cm³/mol. The van der Waals surface area contributed by atoms with Crippen molar-refractivity contribution in [3.63, 3.8) is 0 Å². The van der Waals surface area contributed by atoms with Gasteiger partial charge in [-0.3, -0.25) is 9.59 Å². The van der Waals surface area contributed by atoms with Crippen LogP contribution >= 0.6 is 12.4 Å². The highest BCUT2D eigenvalue weighted by atomic mass is 35.5. The van der Waals surface area contributed by atoms with Crippen LogP contribution in [0.3, 0.4) is 0 Å². The fourth-order valence-corrected chi connectivity index (χ4v) is 2.40. The third-order valence-electron chi connectivity index (χ3n) is 3.61. The second kappa shape index (κ2) is 6.95. The first-order chi connectivity index (χ1) is 8.22. The van der Waals surface area contributed by atoms with E-state index in [4.69, 9.17) is 0 Å². The summed E-state index contributed by atoms with van der Waals surface area (Å²) < 4.78 is 0. The smallest absolute Gasteiger partial charge is 0.242 e. The van der Waals surface area contributed by atoms with Gasteiger partial charge in [0.2, 0.25) is 11.8 Å². The third-order valence-corrected chi connectivity index (χ3v) is 3.61. The van der Waals surface area contributed by atoms with Gasteiger partial charge in [-0.15, -0.1) is 12.4 Å². The molecule has 0 saturated carbocycles. The molecule has 0 bridgehead atoms. The molecular formula is C12H22ClN3O2. The predicted octanol–water partition coefficient (Wildman–Crippen LogP) is 0.145. The van der Waals surface area contributed by atoms with E-state index in [1.165, 1.54) is 0 Å². The Morgan fingerprint density at radius 3 is 2.72 bits per heavy atom. The van der Waals surface area contributed by atoms with Gasteiger partial charge in [-0.05, 0) is 12.8 Å². The van der Waals surface area contributed by atoms with E-state index >= 15 is 0 Å². The lowest BCUT2D eigenvalue weighted by Crippen LogP contribution is -2.52. The molecule has 0 aromatic rings. The van der Waals surface area contributed by atoms with Crippen LogP contribution in [-0.4, -0.2) is 48.9 Å². The zero-order chi connectivity index (χ0) is 12.3. The van der Waals surface area contributed by atoms with Gasteiger partial charge >= 0.3 is 0 Å². The van der Waals surface area contributed by atoms with Gasteiger partial charge in [0.25, 0.3) is 0 Å². The summed E-state index contributed by atoms with van der Waals surface area (Å²) >= 11 is 0. The zero-order valence-electron chi connectivity index (χ0n) is 10.8. The van der Waals surface area contributed by atoms with Crippen LogP contribution in [0.4, 0.5) is 0 Å². The molecule has 2 fully saturated rings. The summed E-state index contributed by atoms with van der Waals surface area (Å²) in [6, 6.07) is -0.266. The summed E-state index contributed by atoms with van der Waals surface area (Å²) in [7, 11) is 0. The molecule has 1 unspecified atom stereocenters. The molecular weight excluding hydrogens is 254 g/mol. The minimum atomic E-state index is -0.266. The molecule has 0 aromatic carbocycles. The highest BCUT2D eigenvalue weighted by Crippen LogP contribution is 2.16. The maximum absolute atomic E-state index is 12.0. The molecule has 2 aliphatic rings. The number of nitrogens with one attached hydrogen (secondary N) is 2. The lowest BCUT2D eigenvalue weighted by atomic mass is 10.0. The minimum absolute atomic E-state index is 0. The zero-order valence-corrected chi connectivity index (χ0v) is 11.6. The van der Waals surface area contributed by atoms with E-state index < -0.39 is 0 Å². The molecule has 104 valence electrons. The summed E-state index contributed by atoms with van der Waals surface area (Å²) in [5.41, 5.74) is 0. The lowest BCUT2D eigenvalue weighted by Gasteiger charge is -2.30. The minimum Gasteiger partial charge on any atom is -0.354 e. The van der Waals surface area contributed by atoms with E-state index in [0.717, 1.165) is 32.6 Å². The lowest BCUT2D eigenvalue weighted by molar-refractivity contribution is -0.137. The number of carbonyl (C=O) groups excluding carboxylic acids is 2. The van der Waals surface area contributed by atoms with Gasteiger partial charge in [0.05, 0.1) is 0 Å². The molecule has 18 heavy (non-hydrogen) atoms. The molecule has 2 rings (SSSR count). The molecule has 2 N–H and O–H groups in total. The van der Waals surface area contributed by atoms with Crippen LogP contribution in [0.25, 0.3) is 0 Å². The second-order valence-electron chi connectivity index (χ2n) is 4.88. The summed E-state index contributed by atoms with van der Waals surface area (Å²) in [6.45, 7) is 5.39. The van der Waals surface area contributed by atoms with Gasteiger partial charge in [-0.2, -0.15) is 0 Å². The van der Waals surface area contributed by atoms with Crippen molar-refractivity contribution >= 4 is 24.2 Å². The van der Waals surface area contributed by atoms with Crippen LogP contribution in [0.2, 0.25) is 0 Å². The van der Waals surface area contributed by atoms with E-state index in [1.54, 1.807) is 4.90 Å². The molecule has 6 heteroatoms. The van der Waals surface area contributed by atoms with Crippen molar-refractivity contribution in [2.24, 2.45) is 5.92 Å². The van der Waals surface area contributed by atoms with Crippen molar-refractivity contribution < 1.29 is 9.59 Å². The second-order valence-corrected chi connectivity index (χ2v) is 4.88. The Morgan fingerprint density at radius 1 is 1.56 bits per heavy atom. The molecule has 2 aliphatic heterocycles. The molecule has 0 spiro atoms. The van der Waals surface area contributed by atoms with Crippen molar-refractivity contribution in [2.75, 3.05) is 26.2 Å². The number of hydrogen-bond donors (Lipinski definition) is 2. The van der Waals surface area contributed by atoms with Crippen molar-refractivity contribution in [2.45, 2.75) is 32.2 Å². The van der Waals surface area contributed by atoms with E-state index in [2.05, 4.69) is 10.6 Å². The molecule has 2 saturated heterocycles. The van der Waals surface area contributed by atoms with Gasteiger partial charge in [-0.1, -0.05) is 6.92 Å². The van der Waals surface area contributed by atoms with Crippen LogP contribution in [-0.2, 0) is 9.59 Å². The number of carbonyl (C=O) groups is 2. The third kappa shape index (κ3) is 3.36. The van der Waals surface area contributed by atoms with Crippen molar-refractivity contribution in [1.82, 2.24) is 15.5 Å². The summed E-state index contributed by atoms with van der Waals surface area (Å²) in [4.78, 5) is 25.4. The SMILES string of the molecule is CCC(C(=O)NCC1CNC1)N1CCCC1=O.Cl. The number of nitrogens with zero attached hydrogens (tertiary/aromatic N) is 1. The average Bonchev–Trinajstić information content (AvgIpc) is 2.64. The Hall–Kier alpha value is -0.810. The number of rotatable bonds is 5. The molecule has 1 atom stereocenters. The monoisotopic (exact) mass is 275 g/mol. The van der Waals surface area contributed by atoms with Crippen molar-refractivity contribution in [3.8, 4) is 0 Å². The Kier molecular flexibility index (Phi) is 5.88. The standard InChI is InChI=1S/C12H21N3O2.ClH/c1-2-10(15-5-3-4-11(15)16)12(17)14-8-9-6-13-7-9;/h9-10,13H,2-8H2,1H3,(H,14,17);1H. The molecule has 0 radical (unpaired) electrons. The van der Waals surface area contributed by atoms with E-state index in [9.17, 15) is 9.59 Å². The highest BCUT2D eigenvalue weighted by molar-refractivity contribution is 5.88. The van der Waals surface area contributed by atoms with Gasteiger partial charge in [0.15, 0.2) is 0 Å². The fraction of sp³-hybridized carbons (Fsp3) is 0.833. The van der Waals surface area contributed by atoms with Gasteiger partial charge in [0, 0.05) is 38.5 Å². The molecule has 5 nitrogen and oxygen atoms in total. The van der Waals surface area contributed by atoms with Crippen LogP contribution in [0, 0.1) is 5.92 Å². The Morgan fingerprint density at radius 2 is 2.28 bits per heavy atom. The van der Waals surface area contributed by atoms with Gasteiger partial charge in [0.1, 0.15) is 6.04 Å². The quantitative estimate of drug-likeness (QED) is 0.751. The number of hydrogen-bond acceptors (Lipinski definition) is 3. The Labute approximate surface area is 114 Å². The summed E-state index contributed by atoms with van der Waals surface area (Å²) in [6.07, 6.45) is 2.17. The molecule has 2 heterocycles. The number of amides is 2. The summed E-state index contributed by atoms with van der Waals surface area (Å²) in [5, 5.41) is 6.13. The van der Waals surface area contributed by atoms with Crippen LogP contribution in [0.15, 0.2) is 0 Å². The maximum Gasteiger partial charge on any atom is 0.242 e. The van der Waals surface area contributed by atoms with E-state index in [-0.39, 0.29) is 30.3 Å². The number of halogens is 1. The van der Waals surface area contributed by atoms with E-state index in [0.29, 0.717) is 18.8 Å². The summed E-state index contributed by atoms with van der Waals surface area (Å²) in [5.74, 6) is 0.692. The molecule has 0 aromatic heterocycles. The molecule has 0 aliphatic carbocycles. The Bertz CT molecular complexity index is 308. The Balaban J connectivity index is 0.00000162. The van der Waals surface area contributed by atoms with Crippen LogP contribution < -0.4 is 10.6 Å². The van der Waals surface area contributed by atoms with Crippen LogP contribution in [0.5, 0.6) is 0 Å². The highest BCUT2D eigenvalue weighted by Gasteiger charge is 2.31. The van der Waals surface area contributed by atoms with Gasteiger partial charge in [-0.25, -0.2) is 0 Å². The first-order valence-corrected chi connectivity index (χ1v) is 6.50.